The van der Waals surface area contributed by atoms with Crippen molar-refractivity contribution in [2.75, 3.05) is 11.9 Å². The van der Waals surface area contributed by atoms with E-state index < -0.39 is 4.92 Å². The highest BCUT2D eigenvalue weighted by Crippen LogP contribution is 2.25. The highest BCUT2D eigenvalue weighted by molar-refractivity contribution is 6.00. The number of anilines is 1. The number of nitrogens with one attached hydrogen (secondary N) is 1. The first kappa shape index (κ1) is 20.1. The molecule has 0 unspecified atom stereocenters. The van der Waals surface area contributed by atoms with Crippen molar-refractivity contribution >= 4 is 23.1 Å². The molecule has 0 aliphatic carbocycles. The Morgan fingerprint density at radius 2 is 1.81 bits per heavy atom. The highest BCUT2D eigenvalue weighted by Gasteiger charge is 2.15. The predicted molar refractivity (Wildman–Crippen MR) is 102 cm³/mol. The van der Waals surface area contributed by atoms with E-state index in [1.54, 1.807) is 37.3 Å². The number of Topliss-reactive ketones (excluding diaryl/α,β-unsaturated/α-hetero) is 1. The molecule has 7 nitrogen and oxygen atoms in total. The van der Waals surface area contributed by atoms with Gasteiger partial charge in [0.2, 0.25) is 5.91 Å². The molecule has 142 valence electrons. The van der Waals surface area contributed by atoms with Gasteiger partial charge in [-0.1, -0.05) is 13.0 Å². The van der Waals surface area contributed by atoms with Gasteiger partial charge < -0.3 is 10.1 Å². The molecule has 0 heterocycles. The van der Waals surface area contributed by atoms with Gasteiger partial charge >= 0.3 is 0 Å². The van der Waals surface area contributed by atoms with Gasteiger partial charge in [0.05, 0.1) is 22.8 Å². The number of nitro groups is 1. The summed E-state index contributed by atoms with van der Waals surface area (Å²) < 4.78 is 5.47. The van der Waals surface area contributed by atoms with Crippen molar-refractivity contribution in [1.82, 2.24) is 0 Å². The van der Waals surface area contributed by atoms with Crippen LogP contribution in [0.25, 0.3) is 0 Å². The van der Waals surface area contributed by atoms with Crippen molar-refractivity contribution in [1.29, 1.82) is 0 Å². The number of hydrogen-bond donors (Lipinski definition) is 1. The number of hydrogen-bond acceptors (Lipinski definition) is 5. The molecule has 0 saturated carbocycles. The Hall–Kier alpha value is -3.22. The zero-order chi connectivity index (χ0) is 19.8. The number of nitrogens with zero attached hydrogens (tertiary/aromatic N) is 1. The monoisotopic (exact) mass is 370 g/mol. The number of ketones is 1. The molecule has 1 N–H and O–H groups in total. The maximum absolute atomic E-state index is 12.2. The van der Waals surface area contributed by atoms with E-state index >= 15 is 0 Å². The number of benzene rings is 2. The molecular weight excluding hydrogens is 348 g/mol. The molecule has 0 saturated heterocycles. The summed E-state index contributed by atoms with van der Waals surface area (Å²) in [5, 5.41) is 13.6. The average molecular weight is 370 g/mol. The fourth-order valence-corrected chi connectivity index (χ4v) is 2.50. The third kappa shape index (κ3) is 5.64. The lowest BCUT2D eigenvalue weighted by atomic mass is 10.1. The molecule has 1 amide bonds. The first-order valence-electron chi connectivity index (χ1n) is 8.72. The van der Waals surface area contributed by atoms with Gasteiger partial charge in [0, 0.05) is 24.5 Å². The quantitative estimate of drug-likeness (QED) is 0.403. The van der Waals surface area contributed by atoms with E-state index in [2.05, 4.69) is 5.32 Å². The van der Waals surface area contributed by atoms with E-state index in [1.165, 1.54) is 12.1 Å². The molecule has 0 spiro atoms. The lowest BCUT2D eigenvalue weighted by Gasteiger charge is -2.09. The number of rotatable bonds is 9. The first-order valence-corrected chi connectivity index (χ1v) is 8.72. The molecule has 0 aliphatic rings. The molecule has 27 heavy (non-hydrogen) atoms. The van der Waals surface area contributed by atoms with Crippen LogP contribution in [0.5, 0.6) is 5.75 Å². The smallest absolute Gasteiger partial charge is 0.274 e. The summed E-state index contributed by atoms with van der Waals surface area (Å²) in [6, 6.07) is 11.3. The largest absolute Gasteiger partial charge is 0.494 e. The van der Waals surface area contributed by atoms with Crippen LogP contribution in [0.3, 0.4) is 0 Å². The summed E-state index contributed by atoms with van der Waals surface area (Å²) in [5.41, 5.74) is 1.20. The van der Waals surface area contributed by atoms with Crippen LogP contribution in [-0.4, -0.2) is 23.2 Å². The SMILES string of the molecule is CCCOc1ccc(C(=O)CCC(=O)Nc2cccc([N+](=O)[O-])c2C)cc1. The average Bonchev–Trinajstić information content (AvgIpc) is 2.66. The molecule has 2 aromatic carbocycles. The van der Waals surface area contributed by atoms with Gasteiger partial charge in [-0.05, 0) is 43.7 Å². The molecule has 0 bridgehead atoms. The van der Waals surface area contributed by atoms with Crippen molar-refractivity contribution in [3.63, 3.8) is 0 Å². The summed E-state index contributed by atoms with van der Waals surface area (Å²) in [4.78, 5) is 34.8. The maximum Gasteiger partial charge on any atom is 0.274 e. The summed E-state index contributed by atoms with van der Waals surface area (Å²) in [5.74, 6) is 0.185. The predicted octanol–water partition coefficient (Wildman–Crippen LogP) is 4.29. The Bertz CT molecular complexity index is 831. The third-order valence-electron chi connectivity index (χ3n) is 4.00. The van der Waals surface area contributed by atoms with E-state index in [0.29, 0.717) is 29.2 Å². The van der Waals surface area contributed by atoms with Gasteiger partial charge in [-0.3, -0.25) is 19.7 Å². The zero-order valence-electron chi connectivity index (χ0n) is 15.4. The number of amides is 1. The number of carbonyl (C=O) groups is 2. The van der Waals surface area contributed by atoms with Gasteiger partial charge in [-0.2, -0.15) is 0 Å². The van der Waals surface area contributed by atoms with Crippen LogP contribution in [-0.2, 0) is 4.79 Å². The van der Waals surface area contributed by atoms with Crippen molar-refractivity contribution < 1.29 is 19.2 Å². The number of nitro benzene ring substituents is 1. The summed E-state index contributed by atoms with van der Waals surface area (Å²) in [6.07, 6.45) is 0.948. The lowest BCUT2D eigenvalue weighted by molar-refractivity contribution is -0.385. The second-order valence-corrected chi connectivity index (χ2v) is 6.05. The Kier molecular flexibility index (Phi) is 7.05. The zero-order valence-corrected chi connectivity index (χ0v) is 15.4. The van der Waals surface area contributed by atoms with E-state index in [1.807, 2.05) is 6.92 Å². The Morgan fingerprint density at radius 3 is 2.44 bits per heavy atom. The van der Waals surface area contributed by atoms with Crippen LogP contribution in [0.1, 0.15) is 42.1 Å². The third-order valence-corrected chi connectivity index (χ3v) is 4.00. The highest BCUT2D eigenvalue weighted by atomic mass is 16.6. The summed E-state index contributed by atoms with van der Waals surface area (Å²) in [7, 11) is 0. The molecule has 0 aliphatic heterocycles. The molecule has 0 radical (unpaired) electrons. The second kappa shape index (κ2) is 9.47. The minimum absolute atomic E-state index is 0.00491. The number of carbonyl (C=O) groups excluding carboxylic acids is 2. The summed E-state index contributed by atoms with van der Waals surface area (Å²) in [6.45, 7) is 4.20. The minimum atomic E-state index is -0.498. The molecule has 7 heteroatoms. The van der Waals surface area contributed by atoms with Crippen LogP contribution < -0.4 is 10.1 Å². The van der Waals surface area contributed by atoms with E-state index in [4.69, 9.17) is 4.74 Å². The van der Waals surface area contributed by atoms with Crippen molar-refractivity contribution in [3.8, 4) is 5.75 Å². The van der Waals surface area contributed by atoms with Crippen LogP contribution in [0.2, 0.25) is 0 Å². The molecule has 2 aromatic rings. The van der Waals surface area contributed by atoms with E-state index in [9.17, 15) is 19.7 Å². The lowest BCUT2D eigenvalue weighted by Crippen LogP contribution is -2.14. The van der Waals surface area contributed by atoms with Crippen molar-refractivity contribution in [3.05, 3.63) is 63.7 Å². The van der Waals surface area contributed by atoms with E-state index in [0.717, 1.165) is 6.42 Å². The van der Waals surface area contributed by atoms with Gasteiger partial charge in [0.1, 0.15) is 5.75 Å². The van der Waals surface area contributed by atoms with Gasteiger partial charge in [0.15, 0.2) is 5.78 Å². The molecule has 2 rings (SSSR count). The molecule has 0 aromatic heterocycles. The Balaban J connectivity index is 1.91. The maximum atomic E-state index is 12.2. The van der Waals surface area contributed by atoms with Crippen LogP contribution in [0, 0.1) is 17.0 Å². The first-order chi connectivity index (χ1) is 12.9. The van der Waals surface area contributed by atoms with Gasteiger partial charge in [0.25, 0.3) is 5.69 Å². The summed E-state index contributed by atoms with van der Waals surface area (Å²) >= 11 is 0. The Labute approximate surface area is 157 Å². The van der Waals surface area contributed by atoms with E-state index in [-0.39, 0.29) is 30.2 Å². The topological polar surface area (TPSA) is 98.5 Å². The standard InChI is InChI=1S/C20H22N2O5/c1-3-13-27-16-9-7-15(8-10-16)19(23)11-12-20(24)21-17-5-4-6-18(14(17)2)22(25)26/h4-10H,3,11-13H2,1-2H3,(H,21,24). The Morgan fingerprint density at radius 1 is 1.11 bits per heavy atom. The van der Waals surface area contributed by atoms with Crippen LogP contribution in [0.4, 0.5) is 11.4 Å². The van der Waals surface area contributed by atoms with Crippen LogP contribution in [0.15, 0.2) is 42.5 Å². The molecule has 0 atom stereocenters. The second-order valence-electron chi connectivity index (χ2n) is 6.05. The van der Waals surface area contributed by atoms with Crippen LogP contribution >= 0.6 is 0 Å². The van der Waals surface area contributed by atoms with Gasteiger partial charge in [-0.25, -0.2) is 0 Å². The molecular formula is C20H22N2O5. The van der Waals surface area contributed by atoms with Crippen molar-refractivity contribution in [2.24, 2.45) is 0 Å². The van der Waals surface area contributed by atoms with Crippen molar-refractivity contribution in [2.45, 2.75) is 33.1 Å². The number of ether oxygens (including phenoxy) is 1. The fourth-order valence-electron chi connectivity index (χ4n) is 2.50. The fraction of sp³-hybridized carbons (Fsp3) is 0.300. The minimum Gasteiger partial charge on any atom is -0.494 e. The van der Waals surface area contributed by atoms with Gasteiger partial charge in [-0.15, -0.1) is 0 Å². The molecule has 0 fully saturated rings. The normalized spacial score (nSPS) is 10.3.